The number of amides is 1. The third-order valence-electron chi connectivity index (χ3n) is 5.57. The number of hydrogen-bond donors (Lipinski definition) is 1. The van der Waals surface area contributed by atoms with E-state index in [9.17, 15) is 14.7 Å². The predicted molar refractivity (Wildman–Crippen MR) is 127 cm³/mol. The molecule has 0 spiro atoms. The van der Waals surface area contributed by atoms with Gasteiger partial charge in [-0.05, 0) is 67.8 Å². The number of ether oxygens (including phenoxy) is 1. The van der Waals surface area contributed by atoms with E-state index in [1.54, 1.807) is 48.8 Å². The van der Waals surface area contributed by atoms with Crippen molar-refractivity contribution in [2.75, 3.05) is 4.90 Å². The zero-order valence-electron chi connectivity index (χ0n) is 18.9. The summed E-state index contributed by atoms with van der Waals surface area (Å²) < 4.78 is 5.74. The minimum Gasteiger partial charge on any atom is -0.507 e. The van der Waals surface area contributed by atoms with Gasteiger partial charge in [-0.3, -0.25) is 19.5 Å². The lowest BCUT2D eigenvalue weighted by atomic mass is 9.95. The zero-order valence-corrected chi connectivity index (χ0v) is 18.9. The van der Waals surface area contributed by atoms with Crippen LogP contribution in [0.1, 0.15) is 43.5 Å². The summed E-state index contributed by atoms with van der Waals surface area (Å²) in [6.45, 7) is 5.87. The first-order chi connectivity index (χ1) is 15.9. The van der Waals surface area contributed by atoms with E-state index < -0.39 is 17.7 Å². The number of ketones is 1. The lowest BCUT2D eigenvalue weighted by Crippen LogP contribution is -2.29. The minimum absolute atomic E-state index is 0.0347. The first-order valence-corrected chi connectivity index (χ1v) is 11.0. The maximum atomic E-state index is 13.2. The summed E-state index contributed by atoms with van der Waals surface area (Å²) in [5, 5.41) is 11.3. The predicted octanol–water partition coefficient (Wildman–Crippen LogP) is 5.06. The van der Waals surface area contributed by atoms with Crippen LogP contribution in [0.15, 0.2) is 78.6 Å². The highest BCUT2D eigenvalue weighted by Crippen LogP contribution is 2.42. The monoisotopic (exact) mass is 442 g/mol. The van der Waals surface area contributed by atoms with Crippen molar-refractivity contribution in [3.05, 3.63) is 95.3 Å². The molecule has 2 heterocycles. The Morgan fingerprint density at radius 3 is 2.39 bits per heavy atom. The summed E-state index contributed by atoms with van der Waals surface area (Å²) in [4.78, 5) is 31.9. The molecule has 1 aliphatic rings. The molecule has 0 bridgehead atoms. The van der Waals surface area contributed by atoms with Crippen LogP contribution in [0.3, 0.4) is 0 Å². The van der Waals surface area contributed by atoms with Gasteiger partial charge in [0.05, 0.1) is 17.7 Å². The summed E-state index contributed by atoms with van der Waals surface area (Å²) >= 11 is 0. The zero-order chi connectivity index (χ0) is 23.5. The van der Waals surface area contributed by atoms with Crippen LogP contribution in [0.5, 0.6) is 5.75 Å². The van der Waals surface area contributed by atoms with Crippen LogP contribution in [-0.4, -0.2) is 27.9 Å². The van der Waals surface area contributed by atoms with Crippen molar-refractivity contribution in [1.29, 1.82) is 0 Å². The molecule has 6 heteroatoms. The summed E-state index contributed by atoms with van der Waals surface area (Å²) in [6, 6.07) is 17.1. The molecule has 1 aromatic heterocycles. The maximum Gasteiger partial charge on any atom is 0.300 e. The Bertz CT molecular complexity index is 1200. The standard InChI is InChI=1S/C27H26N2O4/c1-4-18-8-10-21(11-9-18)29-24(19-12-14-28-15-13-19)23(26(31)27(29)32)25(30)20-6-5-7-22(16-20)33-17(2)3/h5-17,24,30H,4H2,1-3H3/b25-23-. The van der Waals surface area contributed by atoms with Gasteiger partial charge in [0, 0.05) is 23.6 Å². The van der Waals surface area contributed by atoms with Crippen molar-refractivity contribution in [1.82, 2.24) is 4.98 Å². The molecule has 1 N–H and O–H groups in total. The van der Waals surface area contributed by atoms with Gasteiger partial charge >= 0.3 is 0 Å². The largest absolute Gasteiger partial charge is 0.507 e. The van der Waals surface area contributed by atoms with E-state index in [2.05, 4.69) is 11.9 Å². The molecule has 1 amide bonds. The number of aryl methyl sites for hydroxylation is 1. The van der Waals surface area contributed by atoms with Gasteiger partial charge in [0.1, 0.15) is 11.5 Å². The van der Waals surface area contributed by atoms with Crippen molar-refractivity contribution in [2.45, 2.75) is 39.3 Å². The Morgan fingerprint density at radius 1 is 1.06 bits per heavy atom. The number of aromatic nitrogens is 1. The van der Waals surface area contributed by atoms with E-state index in [0.717, 1.165) is 12.0 Å². The van der Waals surface area contributed by atoms with Gasteiger partial charge in [-0.2, -0.15) is 0 Å². The first kappa shape index (κ1) is 22.3. The number of anilines is 1. The third-order valence-corrected chi connectivity index (χ3v) is 5.57. The van der Waals surface area contributed by atoms with Gasteiger partial charge in [0.15, 0.2) is 0 Å². The maximum absolute atomic E-state index is 13.2. The van der Waals surface area contributed by atoms with Crippen molar-refractivity contribution in [3.8, 4) is 5.75 Å². The van der Waals surface area contributed by atoms with E-state index in [1.165, 1.54) is 4.90 Å². The molecule has 0 aliphatic carbocycles. The number of nitrogens with zero attached hydrogens (tertiary/aromatic N) is 2. The van der Waals surface area contributed by atoms with Gasteiger partial charge in [0.2, 0.25) is 0 Å². The van der Waals surface area contributed by atoms with Gasteiger partial charge in [0.25, 0.3) is 11.7 Å². The van der Waals surface area contributed by atoms with Crippen LogP contribution in [0.25, 0.3) is 5.76 Å². The quantitative estimate of drug-likeness (QED) is 0.328. The van der Waals surface area contributed by atoms with E-state index in [1.807, 2.05) is 38.1 Å². The van der Waals surface area contributed by atoms with Crippen molar-refractivity contribution in [2.24, 2.45) is 0 Å². The summed E-state index contributed by atoms with van der Waals surface area (Å²) in [5.41, 5.74) is 2.84. The Labute approximate surface area is 193 Å². The number of carbonyl (C=O) groups excluding carboxylic acids is 2. The fourth-order valence-electron chi connectivity index (χ4n) is 4.00. The number of Topliss-reactive ketones (excluding diaryl/α,β-unsaturated/α-hetero) is 1. The Hall–Kier alpha value is -3.93. The van der Waals surface area contributed by atoms with Crippen LogP contribution in [0.4, 0.5) is 5.69 Å². The first-order valence-electron chi connectivity index (χ1n) is 11.0. The lowest BCUT2D eigenvalue weighted by Gasteiger charge is -2.25. The molecule has 33 heavy (non-hydrogen) atoms. The van der Waals surface area contributed by atoms with E-state index >= 15 is 0 Å². The topological polar surface area (TPSA) is 79.7 Å². The Morgan fingerprint density at radius 2 is 1.76 bits per heavy atom. The van der Waals surface area contributed by atoms with Gasteiger partial charge in [-0.25, -0.2) is 0 Å². The fourth-order valence-corrected chi connectivity index (χ4v) is 4.00. The van der Waals surface area contributed by atoms with Crippen LogP contribution in [0.2, 0.25) is 0 Å². The van der Waals surface area contributed by atoms with Crippen LogP contribution in [-0.2, 0) is 16.0 Å². The molecule has 1 aliphatic heterocycles. The molecule has 6 nitrogen and oxygen atoms in total. The third kappa shape index (κ3) is 4.37. The van der Waals surface area contributed by atoms with E-state index in [-0.39, 0.29) is 17.4 Å². The molecule has 1 fully saturated rings. The second-order valence-electron chi connectivity index (χ2n) is 8.16. The highest BCUT2D eigenvalue weighted by Gasteiger charge is 2.46. The summed E-state index contributed by atoms with van der Waals surface area (Å²) in [7, 11) is 0. The normalized spacial score (nSPS) is 17.6. The molecular weight excluding hydrogens is 416 g/mol. The lowest BCUT2D eigenvalue weighted by molar-refractivity contribution is -0.132. The average molecular weight is 443 g/mol. The van der Waals surface area contributed by atoms with Crippen LogP contribution < -0.4 is 9.64 Å². The van der Waals surface area contributed by atoms with Gasteiger partial charge < -0.3 is 9.84 Å². The number of aliphatic hydroxyl groups excluding tert-OH is 1. The van der Waals surface area contributed by atoms with E-state index in [0.29, 0.717) is 22.6 Å². The molecule has 2 aromatic carbocycles. The number of hydrogen-bond acceptors (Lipinski definition) is 5. The summed E-state index contributed by atoms with van der Waals surface area (Å²) in [5.74, 6) is -1.09. The average Bonchev–Trinajstić information content (AvgIpc) is 3.09. The van der Waals surface area contributed by atoms with Gasteiger partial charge in [-0.1, -0.05) is 31.2 Å². The Balaban J connectivity index is 1.87. The number of benzene rings is 2. The number of pyridine rings is 1. The number of rotatable bonds is 6. The number of carbonyl (C=O) groups is 2. The molecule has 1 atom stereocenters. The molecular formula is C27H26N2O4. The fraction of sp³-hybridized carbons (Fsp3) is 0.222. The molecule has 3 aromatic rings. The highest BCUT2D eigenvalue weighted by atomic mass is 16.5. The van der Waals surface area contributed by atoms with Crippen molar-refractivity contribution in [3.63, 3.8) is 0 Å². The molecule has 168 valence electrons. The molecule has 4 rings (SSSR count). The SMILES string of the molecule is CCc1ccc(N2C(=O)C(=O)/C(=C(\O)c3cccc(OC(C)C)c3)C2c2ccncc2)cc1. The van der Waals surface area contributed by atoms with Gasteiger partial charge in [-0.15, -0.1) is 0 Å². The smallest absolute Gasteiger partial charge is 0.300 e. The van der Waals surface area contributed by atoms with Crippen molar-refractivity contribution < 1.29 is 19.4 Å². The summed E-state index contributed by atoms with van der Waals surface area (Å²) in [6.07, 6.45) is 4.03. The van der Waals surface area contributed by atoms with Crippen LogP contribution >= 0.6 is 0 Å². The second-order valence-corrected chi connectivity index (χ2v) is 8.16. The molecule has 0 saturated carbocycles. The second kappa shape index (κ2) is 9.28. The van der Waals surface area contributed by atoms with Crippen molar-refractivity contribution >= 4 is 23.1 Å². The Kier molecular flexibility index (Phi) is 6.27. The number of aliphatic hydroxyl groups is 1. The molecule has 0 radical (unpaired) electrons. The van der Waals surface area contributed by atoms with Crippen LogP contribution in [0, 0.1) is 0 Å². The highest BCUT2D eigenvalue weighted by molar-refractivity contribution is 6.51. The minimum atomic E-state index is -0.782. The molecule has 1 unspecified atom stereocenters. The van der Waals surface area contributed by atoms with E-state index in [4.69, 9.17) is 4.74 Å². The molecule has 1 saturated heterocycles.